The highest BCUT2D eigenvalue weighted by Crippen LogP contribution is 2.29. The second kappa shape index (κ2) is 6.93. The fraction of sp³-hybridized carbons (Fsp3) is 0.867. The van der Waals surface area contributed by atoms with Gasteiger partial charge in [0.25, 0.3) is 0 Å². The maximum atomic E-state index is 5.85. The van der Waals surface area contributed by atoms with Crippen LogP contribution in [-0.2, 0) is 0 Å². The molecule has 1 rings (SSSR count). The van der Waals surface area contributed by atoms with Crippen molar-refractivity contribution in [2.24, 2.45) is 5.92 Å². The lowest BCUT2D eigenvalue weighted by molar-refractivity contribution is 0.0304. The number of nitrogens with one attached hydrogen (secondary N) is 1. The zero-order valence-corrected chi connectivity index (χ0v) is 13.3. The first-order valence-electron chi connectivity index (χ1n) is 7.23. The third kappa shape index (κ3) is 3.49. The number of hydrogen-bond donors (Lipinski definition) is 1. The van der Waals surface area contributed by atoms with E-state index < -0.39 is 0 Å². The van der Waals surface area contributed by atoms with Gasteiger partial charge in [-0.05, 0) is 31.3 Å². The van der Waals surface area contributed by atoms with Crippen LogP contribution in [0, 0.1) is 5.92 Å². The van der Waals surface area contributed by atoms with Crippen LogP contribution in [0.4, 0.5) is 0 Å². The lowest BCUT2D eigenvalue weighted by atomic mass is 9.85. The van der Waals surface area contributed by atoms with E-state index in [1.807, 2.05) is 0 Å². The molecule has 1 fully saturated rings. The van der Waals surface area contributed by atoms with Gasteiger partial charge in [-0.3, -0.25) is 4.90 Å². The Kier molecular flexibility index (Phi) is 6.16. The summed E-state index contributed by atoms with van der Waals surface area (Å²) in [6, 6.07) is 0.597. The van der Waals surface area contributed by atoms with Crippen molar-refractivity contribution >= 4 is 11.6 Å². The molecule has 3 heteroatoms. The van der Waals surface area contributed by atoms with Gasteiger partial charge in [0.1, 0.15) is 0 Å². The van der Waals surface area contributed by atoms with Crippen LogP contribution in [0.2, 0.25) is 0 Å². The Morgan fingerprint density at radius 1 is 1.44 bits per heavy atom. The smallest absolute Gasteiger partial charge is 0.0332 e. The predicted molar refractivity (Wildman–Crippen MR) is 81.1 cm³/mol. The molecule has 0 amide bonds. The number of piperazine rings is 1. The molecule has 1 aliphatic heterocycles. The molecule has 1 aliphatic rings. The number of hydrogen-bond acceptors (Lipinski definition) is 2. The molecule has 1 atom stereocenters. The minimum Gasteiger partial charge on any atom is -0.311 e. The first-order valence-corrected chi connectivity index (χ1v) is 7.67. The molecule has 0 spiro atoms. The van der Waals surface area contributed by atoms with E-state index >= 15 is 0 Å². The van der Waals surface area contributed by atoms with Crippen molar-refractivity contribution in [2.45, 2.75) is 59.0 Å². The van der Waals surface area contributed by atoms with Crippen LogP contribution in [0.15, 0.2) is 11.1 Å². The standard InChI is InChI=1S/C15H29ClN2/c1-6-15(7-2)11-17-14(12(3)4)10-18(15)9-13(5)8-16/h8,12,14,17H,6-7,9-11H2,1-5H3. The SMILES string of the molecule is CCC1(CC)CNC(C(C)C)CN1CC(C)=CCl. The van der Waals surface area contributed by atoms with Crippen LogP contribution in [0.25, 0.3) is 0 Å². The molecule has 1 unspecified atom stereocenters. The Balaban J connectivity index is 2.85. The number of nitrogens with zero attached hydrogens (tertiary/aromatic N) is 1. The summed E-state index contributed by atoms with van der Waals surface area (Å²) >= 11 is 5.85. The van der Waals surface area contributed by atoms with Gasteiger partial charge >= 0.3 is 0 Å². The van der Waals surface area contributed by atoms with E-state index in [1.165, 1.54) is 18.4 Å². The van der Waals surface area contributed by atoms with Crippen LogP contribution in [0.1, 0.15) is 47.5 Å². The molecule has 1 heterocycles. The maximum absolute atomic E-state index is 5.85. The Bertz CT molecular complexity index is 282. The summed E-state index contributed by atoms with van der Waals surface area (Å²) in [6.07, 6.45) is 2.38. The van der Waals surface area contributed by atoms with Crippen molar-refractivity contribution in [1.82, 2.24) is 10.2 Å². The second-order valence-corrected chi connectivity index (χ2v) is 6.22. The van der Waals surface area contributed by atoms with E-state index in [1.54, 1.807) is 5.54 Å². The number of halogens is 1. The third-order valence-corrected chi connectivity index (χ3v) is 4.90. The minimum atomic E-state index is 0.298. The average molecular weight is 273 g/mol. The highest BCUT2D eigenvalue weighted by Gasteiger charge is 2.39. The van der Waals surface area contributed by atoms with E-state index in [0.717, 1.165) is 19.6 Å². The predicted octanol–water partition coefficient (Wildman–Crippen LogP) is 3.62. The summed E-state index contributed by atoms with van der Waals surface area (Å²) in [4.78, 5) is 2.64. The van der Waals surface area contributed by atoms with Crippen LogP contribution < -0.4 is 5.32 Å². The molecule has 0 aromatic heterocycles. The summed E-state index contributed by atoms with van der Waals surface area (Å²) in [6.45, 7) is 14.5. The topological polar surface area (TPSA) is 15.3 Å². The van der Waals surface area contributed by atoms with Crippen LogP contribution >= 0.6 is 11.6 Å². The van der Waals surface area contributed by atoms with Crippen molar-refractivity contribution in [3.05, 3.63) is 11.1 Å². The van der Waals surface area contributed by atoms with E-state index in [2.05, 4.69) is 44.8 Å². The monoisotopic (exact) mass is 272 g/mol. The van der Waals surface area contributed by atoms with E-state index in [-0.39, 0.29) is 0 Å². The van der Waals surface area contributed by atoms with Crippen molar-refractivity contribution in [3.8, 4) is 0 Å². The zero-order valence-electron chi connectivity index (χ0n) is 12.6. The van der Waals surface area contributed by atoms with Crippen molar-refractivity contribution < 1.29 is 0 Å². The molecular formula is C15H29ClN2. The number of rotatable bonds is 5. The van der Waals surface area contributed by atoms with Crippen molar-refractivity contribution in [3.63, 3.8) is 0 Å². The molecule has 0 radical (unpaired) electrons. The van der Waals surface area contributed by atoms with Crippen LogP contribution in [0.3, 0.4) is 0 Å². The lowest BCUT2D eigenvalue weighted by Crippen LogP contribution is -2.65. The molecule has 0 aromatic carbocycles. The summed E-state index contributed by atoms with van der Waals surface area (Å²) < 4.78 is 0. The van der Waals surface area contributed by atoms with E-state index in [9.17, 15) is 0 Å². The summed E-state index contributed by atoms with van der Waals surface area (Å²) in [5.74, 6) is 0.680. The molecule has 1 saturated heterocycles. The third-order valence-electron chi connectivity index (χ3n) is 4.53. The molecule has 0 aliphatic carbocycles. The molecule has 2 nitrogen and oxygen atoms in total. The molecule has 1 N–H and O–H groups in total. The normalized spacial score (nSPS) is 25.7. The lowest BCUT2D eigenvalue weighted by Gasteiger charge is -2.50. The largest absolute Gasteiger partial charge is 0.311 e. The molecule has 0 bridgehead atoms. The van der Waals surface area contributed by atoms with Gasteiger partial charge in [-0.2, -0.15) is 0 Å². The Labute approximate surface area is 118 Å². The van der Waals surface area contributed by atoms with E-state index in [4.69, 9.17) is 11.6 Å². The Morgan fingerprint density at radius 3 is 2.50 bits per heavy atom. The highest BCUT2D eigenvalue weighted by molar-refractivity contribution is 6.25. The van der Waals surface area contributed by atoms with Gasteiger partial charge in [0.05, 0.1) is 0 Å². The molecule has 0 aromatic rings. The molecule has 0 saturated carbocycles. The van der Waals surface area contributed by atoms with Gasteiger partial charge < -0.3 is 5.32 Å². The van der Waals surface area contributed by atoms with Crippen LogP contribution in [-0.4, -0.2) is 36.1 Å². The molecule has 18 heavy (non-hydrogen) atoms. The first-order chi connectivity index (χ1) is 8.49. The fourth-order valence-electron chi connectivity index (χ4n) is 2.89. The van der Waals surface area contributed by atoms with Gasteiger partial charge in [0, 0.05) is 36.8 Å². The molecule has 106 valence electrons. The zero-order chi connectivity index (χ0) is 13.8. The minimum absolute atomic E-state index is 0.298. The van der Waals surface area contributed by atoms with Gasteiger partial charge in [-0.1, -0.05) is 39.3 Å². The second-order valence-electron chi connectivity index (χ2n) is 6.00. The molecular weight excluding hydrogens is 244 g/mol. The van der Waals surface area contributed by atoms with Crippen LogP contribution in [0.5, 0.6) is 0 Å². The fourth-order valence-corrected chi connectivity index (χ4v) is 2.96. The van der Waals surface area contributed by atoms with Crippen molar-refractivity contribution in [1.29, 1.82) is 0 Å². The maximum Gasteiger partial charge on any atom is 0.0332 e. The van der Waals surface area contributed by atoms with Crippen molar-refractivity contribution in [2.75, 3.05) is 19.6 Å². The Hall–Kier alpha value is -0.0500. The summed E-state index contributed by atoms with van der Waals surface area (Å²) in [5.41, 5.74) is 3.28. The Morgan fingerprint density at radius 2 is 2.06 bits per heavy atom. The summed E-state index contributed by atoms with van der Waals surface area (Å²) in [7, 11) is 0. The van der Waals surface area contributed by atoms with Gasteiger partial charge in [-0.15, -0.1) is 0 Å². The summed E-state index contributed by atoms with van der Waals surface area (Å²) in [5, 5.41) is 3.74. The van der Waals surface area contributed by atoms with E-state index in [0.29, 0.717) is 17.5 Å². The van der Waals surface area contributed by atoms with Gasteiger partial charge in [0.2, 0.25) is 0 Å². The first kappa shape index (κ1) is 16.0. The van der Waals surface area contributed by atoms with Gasteiger partial charge in [-0.25, -0.2) is 0 Å². The van der Waals surface area contributed by atoms with Gasteiger partial charge in [0.15, 0.2) is 0 Å². The quantitative estimate of drug-likeness (QED) is 0.822. The highest BCUT2D eigenvalue weighted by atomic mass is 35.5. The average Bonchev–Trinajstić information content (AvgIpc) is 2.38.